The normalized spacial score (nSPS) is 11.0. The van der Waals surface area contributed by atoms with Crippen LogP contribution in [-0.4, -0.2) is 20.5 Å². The third-order valence-corrected chi connectivity index (χ3v) is 7.89. The summed E-state index contributed by atoms with van der Waals surface area (Å²) in [6.07, 6.45) is 2.43. The standard InChI is InChI=1S/C34H27BrClN5O/c35-29-22-39-41-32(19-31(40-33(29)41)28-15-6-7-16-30(28)36)37-20-24-11-8-12-25(17-24)21-38-34(42)27-14-5-4-13-26(27)18-23-9-2-1-3-10-23/h1-17,19,22,37H,18,20-21H2,(H,38,42). The Kier molecular flexibility index (Phi) is 8.30. The van der Waals surface area contributed by atoms with Gasteiger partial charge in [0.2, 0.25) is 0 Å². The van der Waals surface area contributed by atoms with E-state index in [0.29, 0.717) is 35.7 Å². The number of hydrogen-bond acceptors (Lipinski definition) is 4. The van der Waals surface area contributed by atoms with Crippen molar-refractivity contribution in [2.45, 2.75) is 19.5 Å². The molecule has 6 rings (SSSR count). The van der Waals surface area contributed by atoms with Gasteiger partial charge in [0.1, 0.15) is 5.82 Å². The Balaban J connectivity index is 1.16. The first kappa shape index (κ1) is 27.7. The topological polar surface area (TPSA) is 71.3 Å². The molecule has 6 aromatic rings. The summed E-state index contributed by atoms with van der Waals surface area (Å²) < 4.78 is 2.56. The van der Waals surface area contributed by atoms with Crippen LogP contribution in [-0.2, 0) is 19.5 Å². The molecule has 0 aliphatic heterocycles. The molecule has 208 valence electrons. The Morgan fingerprint density at radius 2 is 1.52 bits per heavy atom. The molecular weight excluding hydrogens is 610 g/mol. The molecule has 2 N–H and O–H groups in total. The maximum absolute atomic E-state index is 13.2. The molecule has 0 radical (unpaired) electrons. The highest BCUT2D eigenvalue weighted by Crippen LogP contribution is 2.30. The van der Waals surface area contributed by atoms with Crippen molar-refractivity contribution >= 4 is 44.9 Å². The largest absolute Gasteiger partial charge is 0.366 e. The van der Waals surface area contributed by atoms with E-state index in [1.54, 1.807) is 10.7 Å². The van der Waals surface area contributed by atoms with Crippen molar-refractivity contribution in [3.8, 4) is 11.3 Å². The van der Waals surface area contributed by atoms with Gasteiger partial charge in [0.05, 0.1) is 16.4 Å². The second-order valence-electron chi connectivity index (χ2n) is 9.91. The van der Waals surface area contributed by atoms with E-state index >= 15 is 0 Å². The Morgan fingerprint density at radius 1 is 0.810 bits per heavy atom. The van der Waals surface area contributed by atoms with Gasteiger partial charge in [-0.3, -0.25) is 4.79 Å². The highest BCUT2D eigenvalue weighted by Gasteiger charge is 2.14. The monoisotopic (exact) mass is 635 g/mol. The van der Waals surface area contributed by atoms with Crippen LogP contribution in [0.5, 0.6) is 0 Å². The Labute approximate surface area is 257 Å². The van der Waals surface area contributed by atoms with Gasteiger partial charge in [-0.15, -0.1) is 0 Å². The van der Waals surface area contributed by atoms with Gasteiger partial charge in [-0.1, -0.05) is 103 Å². The fraction of sp³-hybridized carbons (Fsp3) is 0.0882. The number of hydrogen-bond donors (Lipinski definition) is 2. The summed E-state index contributed by atoms with van der Waals surface area (Å²) in [5.74, 6) is 0.704. The molecule has 8 heteroatoms. The van der Waals surface area contributed by atoms with Crippen LogP contribution in [0.15, 0.2) is 120 Å². The second kappa shape index (κ2) is 12.6. The van der Waals surface area contributed by atoms with Crippen LogP contribution < -0.4 is 10.6 Å². The van der Waals surface area contributed by atoms with Crippen molar-refractivity contribution in [3.05, 3.63) is 153 Å². The number of anilines is 1. The minimum atomic E-state index is -0.0828. The second-order valence-corrected chi connectivity index (χ2v) is 11.2. The van der Waals surface area contributed by atoms with Crippen LogP contribution in [0.3, 0.4) is 0 Å². The van der Waals surface area contributed by atoms with Crippen molar-refractivity contribution < 1.29 is 4.79 Å². The van der Waals surface area contributed by atoms with E-state index < -0.39 is 0 Å². The van der Waals surface area contributed by atoms with Crippen LogP contribution in [0.4, 0.5) is 5.82 Å². The van der Waals surface area contributed by atoms with E-state index in [2.05, 4.69) is 55.9 Å². The maximum atomic E-state index is 13.2. The molecule has 0 aliphatic rings. The fourth-order valence-electron chi connectivity index (χ4n) is 4.90. The summed E-state index contributed by atoms with van der Waals surface area (Å²) in [6, 6.07) is 35.7. The van der Waals surface area contributed by atoms with Crippen LogP contribution in [0, 0.1) is 0 Å². The predicted molar refractivity (Wildman–Crippen MR) is 172 cm³/mol. The van der Waals surface area contributed by atoms with Crippen molar-refractivity contribution in [1.29, 1.82) is 0 Å². The van der Waals surface area contributed by atoms with Gasteiger partial charge >= 0.3 is 0 Å². The van der Waals surface area contributed by atoms with E-state index in [0.717, 1.165) is 38.2 Å². The van der Waals surface area contributed by atoms with Gasteiger partial charge in [-0.25, -0.2) is 4.98 Å². The minimum absolute atomic E-state index is 0.0828. The van der Waals surface area contributed by atoms with Crippen LogP contribution in [0.25, 0.3) is 16.9 Å². The summed E-state index contributed by atoms with van der Waals surface area (Å²) in [5.41, 5.74) is 7.25. The molecule has 0 saturated heterocycles. The van der Waals surface area contributed by atoms with E-state index in [9.17, 15) is 4.79 Å². The number of rotatable bonds is 9. The number of nitrogens with one attached hydrogen (secondary N) is 2. The first-order valence-corrected chi connectivity index (χ1v) is 14.7. The SMILES string of the molecule is O=C(NCc1cccc(CNc2cc(-c3ccccc3Cl)nc3c(Br)cnn23)c1)c1ccccc1Cc1ccccc1. The Morgan fingerprint density at radius 3 is 2.36 bits per heavy atom. The van der Waals surface area contributed by atoms with Gasteiger partial charge < -0.3 is 10.6 Å². The van der Waals surface area contributed by atoms with Crippen molar-refractivity contribution in [2.24, 2.45) is 0 Å². The minimum Gasteiger partial charge on any atom is -0.366 e. The number of nitrogens with zero attached hydrogens (tertiary/aromatic N) is 3. The third-order valence-electron chi connectivity index (χ3n) is 7.00. The molecule has 0 bridgehead atoms. The highest BCUT2D eigenvalue weighted by atomic mass is 79.9. The van der Waals surface area contributed by atoms with Gasteiger partial charge in [0, 0.05) is 35.3 Å². The highest BCUT2D eigenvalue weighted by molar-refractivity contribution is 9.10. The molecule has 0 fully saturated rings. The van der Waals surface area contributed by atoms with Crippen LogP contribution in [0.2, 0.25) is 5.02 Å². The molecule has 0 atom stereocenters. The molecule has 42 heavy (non-hydrogen) atoms. The number of amides is 1. The lowest BCUT2D eigenvalue weighted by Gasteiger charge is -2.13. The Bertz CT molecular complexity index is 1870. The number of aromatic nitrogens is 3. The molecule has 4 aromatic carbocycles. The van der Waals surface area contributed by atoms with Crippen molar-refractivity contribution in [1.82, 2.24) is 19.9 Å². The molecule has 6 nitrogen and oxygen atoms in total. The van der Waals surface area contributed by atoms with E-state index in [1.165, 1.54) is 5.56 Å². The molecular formula is C34H27BrClN5O. The summed E-state index contributed by atoms with van der Waals surface area (Å²) in [6.45, 7) is 0.981. The Hall–Kier alpha value is -4.46. The van der Waals surface area contributed by atoms with Crippen molar-refractivity contribution in [3.63, 3.8) is 0 Å². The number of benzene rings is 4. The average molecular weight is 637 g/mol. The molecule has 0 unspecified atom stereocenters. The van der Waals surface area contributed by atoms with Crippen molar-refractivity contribution in [2.75, 3.05) is 5.32 Å². The number of carbonyl (C=O) groups is 1. The van der Waals surface area contributed by atoms with E-state index in [-0.39, 0.29) is 5.91 Å². The van der Waals surface area contributed by atoms with E-state index in [4.69, 9.17) is 16.6 Å². The predicted octanol–water partition coefficient (Wildman–Crippen LogP) is 7.95. The number of halogens is 2. The smallest absolute Gasteiger partial charge is 0.251 e. The van der Waals surface area contributed by atoms with E-state index in [1.807, 2.05) is 84.9 Å². The van der Waals surface area contributed by atoms with Gasteiger partial charge in [-0.2, -0.15) is 9.61 Å². The summed E-state index contributed by atoms with van der Waals surface area (Å²) in [4.78, 5) is 18.0. The molecule has 2 heterocycles. The zero-order valence-electron chi connectivity index (χ0n) is 22.6. The fourth-order valence-corrected chi connectivity index (χ4v) is 5.48. The first-order chi connectivity index (χ1) is 20.5. The molecule has 0 spiro atoms. The molecule has 0 aliphatic carbocycles. The third kappa shape index (κ3) is 6.22. The summed E-state index contributed by atoms with van der Waals surface area (Å²) >= 11 is 10.0. The molecule has 1 amide bonds. The maximum Gasteiger partial charge on any atom is 0.251 e. The zero-order chi connectivity index (χ0) is 28.9. The molecule has 2 aromatic heterocycles. The lowest BCUT2D eigenvalue weighted by atomic mass is 9.99. The summed E-state index contributed by atoms with van der Waals surface area (Å²) in [7, 11) is 0. The van der Waals surface area contributed by atoms with Gasteiger partial charge in [0.15, 0.2) is 5.65 Å². The van der Waals surface area contributed by atoms with Gasteiger partial charge in [-0.05, 0) is 56.7 Å². The average Bonchev–Trinajstić information content (AvgIpc) is 3.40. The first-order valence-electron chi connectivity index (χ1n) is 13.6. The zero-order valence-corrected chi connectivity index (χ0v) is 24.9. The van der Waals surface area contributed by atoms with Crippen LogP contribution >= 0.6 is 27.5 Å². The lowest BCUT2D eigenvalue weighted by Crippen LogP contribution is -2.24. The van der Waals surface area contributed by atoms with Crippen LogP contribution in [0.1, 0.15) is 32.6 Å². The molecule has 0 saturated carbocycles. The lowest BCUT2D eigenvalue weighted by molar-refractivity contribution is 0.0950. The quantitative estimate of drug-likeness (QED) is 0.169. The number of carbonyl (C=O) groups excluding carboxylic acids is 1. The number of fused-ring (bicyclic) bond motifs is 1. The summed E-state index contributed by atoms with van der Waals surface area (Å²) in [5, 5.41) is 11.7. The van der Waals surface area contributed by atoms with Gasteiger partial charge in [0.25, 0.3) is 5.91 Å².